The lowest BCUT2D eigenvalue weighted by atomic mass is 10.3. The van der Waals surface area contributed by atoms with Crippen molar-refractivity contribution in [3.05, 3.63) is 28.5 Å². The Morgan fingerprint density at radius 1 is 1.21 bits per heavy atom. The number of carbonyl (C=O) groups is 2. The van der Waals surface area contributed by atoms with Gasteiger partial charge in [-0.25, -0.2) is 0 Å². The molecule has 0 N–H and O–H groups in total. The second kappa shape index (κ2) is 6.52. The van der Waals surface area contributed by atoms with Gasteiger partial charge < -0.3 is 9.80 Å². The lowest BCUT2D eigenvalue weighted by molar-refractivity contribution is -0.130. The molecule has 0 unspecified atom stereocenters. The summed E-state index contributed by atoms with van der Waals surface area (Å²) in [5.41, 5.74) is 0. The van der Waals surface area contributed by atoms with E-state index in [0.29, 0.717) is 13.1 Å². The number of rotatable bonds is 2. The van der Waals surface area contributed by atoms with Crippen molar-refractivity contribution in [2.75, 3.05) is 26.2 Å². The molecule has 1 aliphatic heterocycles. The molecule has 4 nitrogen and oxygen atoms in total. The topological polar surface area (TPSA) is 40.6 Å². The van der Waals surface area contributed by atoms with Gasteiger partial charge in [-0.3, -0.25) is 9.59 Å². The van der Waals surface area contributed by atoms with E-state index in [9.17, 15) is 9.59 Å². The Morgan fingerprint density at radius 2 is 1.95 bits per heavy atom. The Bertz CT molecular complexity index is 468. The monoisotopic (exact) mass is 278 g/mol. The fraction of sp³-hybridized carbons (Fsp3) is 0.429. The first-order valence-electron chi connectivity index (χ1n) is 6.43. The summed E-state index contributed by atoms with van der Waals surface area (Å²) in [4.78, 5) is 28.1. The summed E-state index contributed by atoms with van der Waals surface area (Å²) < 4.78 is 0. The maximum Gasteiger partial charge on any atom is 0.246 e. The highest BCUT2D eigenvalue weighted by Gasteiger charge is 2.18. The lowest BCUT2D eigenvalue weighted by Crippen LogP contribution is -2.35. The Balaban J connectivity index is 1.91. The average molecular weight is 278 g/mol. The molecule has 102 valence electrons. The Kier molecular flexibility index (Phi) is 4.74. The largest absolute Gasteiger partial charge is 0.341 e. The second-order valence-electron chi connectivity index (χ2n) is 4.53. The quantitative estimate of drug-likeness (QED) is 0.775. The van der Waals surface area contributed by atoms with E-state index in [2.05, 4.69) is 0 Å². The van der Waals surface area contributed by atoms with Crippen molar-refractivity contribution in [3.63, 3.8) is 0 Å². The van der Waals surface area contributed by atoms with Crippen molar-refractivity contribution in [3.8, 4) is 0 Å². The molecule has 1 aromatic rings. The van der Waals surface area contributed by atoms with E-state index in [1.165, 1.54) is 0 Å². The van der Waals surface area contributed by atoms with Crippen LogP contribution in [0.2, 0.25) is 0 Å². The maximum absolute atomic E-state index is 12.1. The molecule has 0 atom stereocenters. The number of amides is 2. The number of thiophene rings is 1. The Hall–Kier alpha value is -1.62. The van der Waals surface area contributed by atoms with Crippen molar-refractivity contribution >= 4 is 29.2 Å². The number of hydrogen-bond donors (Lipinski definition) is 0. The fourth-order valence-electron chi connectivity index (χ4n) is 2.10. The van der Waals surface area contributed by atoms with Gasteiger partial charge in [0.2, 0.25) is 11.8 Å². The third-order valence-electron chi connectivity index (χ3n) is 3.19. The van der Waals surface area contributed by atoms with E-state index in [-0.39, 0.29) is 11.8 Å². The molecule has 1 saturated heterocycles. The van der Waals surface area contributed by atoms with Crippen molar-refractivity contribution in [2.45, 2.75) is 13.3 Å². The van der Waals surface area contributed by atoms with Crippen LogP contribution >= 0.6 is 11.3 Å². The molecule has 1 aliphatic rings. The zero-order valence-corrected chi connectivity index (χ0v) is 11.9. The predicted octanol–water partition coefficient (Wildman–Crippen LogP) is 1.84. The van der Waals surface area contributed by atoms with E-state index >= 15 is 0 Å². The third-order valence-corrected chi connectivity index (χ3v) is 4.02. The third kappa shape index (κ3) is 3.92. The zero-order valence-electron chi connectivity index (χ0n) is 11.0. The van der Waals surface area contributed by atoms with Gasteiger partial charge in [0.15, 0.2) is 0 Å². The summed E-state index contributed by atoms with van der Waals surface area (Å²) >= 11 is 1.61. The molecule has 5 heteroatoms. The van der Waals surface area contributed by atoms with Crippen LogP contribution in [0.1, 0.15) is 18.2 Å². The molecular weight excluding hydrogens is 260 g/mol. The lowest BCUT2D eigenvalue weighted by Gasteiger charge is -2.20. The van der Waals surface area contributed by atoms with E-state index in [4.69, 9.17) is 0 Å². The summed E-state index contributed by atoms with van der Waals surface area (Å²) in [6, 6.07) is 3.94. The van der Waals surface area contributed by atoms with Crippen LogP contribution in [0.25, 0.3) is 6.08 Å². The van der Waals surface area contributed by atoms with Gasteiger partial charge in [0.25, 0.3) is 0 Å². The smallest absolute Gasteiger partial charge is 0.246 e. The number of nitrogens with zero attached hydrogens (tertiary/aromatic N) is 2. The number of hydrogen-bond acceptors (Lipinski definition) is 3. The highest BCUT2D eigenvalue weighted by atomic mass is 32.1. The molecule has 2 amide bonds. The van der Waals surface area contributed by atoms with Crippen LogP contribution in [0.15, 0.2) is 23.6 Å². The molecule has 1 fully saturated rings. The number of carbonyl (C=O) groups excluding carboxylic acids is 2. The molecule has 0 bridgehead atoms. The van der Waals surface area contributed by atoms with Gasteiger partial charge in [0, 0.05) is 44.1 Å². The van der Waals surface area contributed by atoms with Gasteiger partial charge in [-0.2, -0.15) is 0 Å². The zero-order chi connectivity index (χ0) is 13.7. The molecule has 2 heterocycles. The van der Waals surface area contributed by atoms with Crippen LogP contribution < -0.4 is 0 Å². The maximum atomic E-state index is 12.1. The molecular formula is C14H18N2O2S. The van der Waals surface area contributed by atoms with Crippen LogP contribution in [-0.4, -0.2) is 47.8 Å². The molecule has 0 saturated carbocycles. The second-order valence-corrected chi connectivity index (χ2v) is 5.51. The standard InChI is InChI=1S/C14H18N2O2S/c1-12(17)15-7-3-8-16(10-9-15)14(18)6-5-13-4-2-11-19-13/h2,4-6,11H,3,7-10H2,1H3/b6-5+. The van der Waals surface area contributed by atoms with Crippen molar-refractivity contribution in [2.24, 2.45) is 0 Å². The van der Waals surface area contributed by atoms with E-state index in [0.717, 1.165) is 24.4 Å². The summed E-state index contributed by atoms with van der Waals surface area (Å²) in [5.74, 6) is 0.113. The first-order chi connectivity index (χ1) is 9.16. The highest BCUT2D eigenvalue weighted by molar-refractivity contribution is 7.10. The first kappa shape index (κ1) is 13.8. The minimum Gasteiger partial charge on any atom is -0.341 e. The Labute approximate surface area is 117 Å². The fourth-order valence-corrected chi connectivity index (χ4v) is 2.72. The molecule has 0 aliphatic carbocycles. The summed E-state index contributed by atoms with van der Waals surface area (Å²) in [7, 11) is 0. The van der Waals surface area contributed by atoms with Gasteiger partial charge in [-0.15, -0.1) is 11.3 Å². The average Bonchev–Trinajstić information content (AvgIpc) is 2.77. The predicted molar refractivity (Wildman–Crippen MR) is 76.8 cm³/mol. The van der Waals surface area contributed by atoms with Crippen LogP contribution in [0.4, 0.5) is 0 Å². The van der Waals surface area contributed by atoms with Gasteiger partial charge in [0.1, 0.15) is 0 Å². The SMILES string of the molecule is CC(=O)N1CCCN(C(=O)/C=C/c2cccs2)CC1. The first-order valence-corrected chi connectivity index (χ1v) is 7.31. The van der Waals surface area contributed by atoms with Gasteiger partial charge >= 0.3 is 0 Å². The minimum absolute atomic E-state index is 0.0267. The van der Waals surface area contributed by atoms with E-state index in [1.807, 2.05) is 28.5 Å². The minimum atomic E-state index is 0.0267. The van der Waals surface area contributed by atoms with Crippen molar-refractivity contribution in [1.29, 1.82) is 0 Å². The van der Waals surface area contributed by atoms with Gasteiger partial charge in [-0.1, -0.05) is 6.07 Å². The van der Waals surface area contributed by atoms with Crippen molar-refractivity contribution < 1.29 is 9.59 Å². The van der Waals surface area contributed by atoms with Crippen LogP contribution in [0.3, 0.4) is 0 Å². The van der Waals surface area contributed by atoms with Crippen LogP contribution in [-0.2, 0) is 9.59 Å². The summed E-state index contributed by atoms with van der Waals surface area (Å²) in [5, 5.41) is 1.99. The van der Waals surface area contributed by atoms with Crippen LogP contribution in [0, 0.1) is 0 Å². The molecule has 2 rings (SSSR count). The summed E-state index contributed by atoms with van der Waals surface area (Å²) in [6.07, 6.45) is 4.31. The van der Waals surface area contributed by atoms with Gasteiger partial charge in [0.05, 0.1) is 0 Å². The molecule has 0 aromatic carbocycles. The summed E-state index contributed by atoms with van der Waals surface area (Å²) in [6.45, 7) is 4.29. The molecule has 19 heavy (non-hydrogen) atoms. The van der Waals surface area contributed by atoms with Crippen molar-refractivity contribution in [1.82, 2.24) is 9.80 Å². The van der Waals surface area contributed by atoms with Crippen LogP contribution in [0.5, 0.6) is 0 Å². The molecule has 0 spiro atoms. The van der Waals surface area contributed by atoms with E-state index < -0.39 is 0 Å². The normalized spacial score (nSPS) is 16.7. The highest BCUT2D eigenvalue weighted by Crippen LogP contribution is 2.11. The Morgan fingerprint density at radius 3 is 2.63 bits per heavy atom. The molecule has 1 aromatic heterocycles. The molecule has 0 radical (unpaired) electrons. The van der Waals surface area contributed by atoms with E-state index in [1.54, 1.807) is 29.2 Å². The van der Waals surface area contributed by atoms with Gasteiger partial charge in [-0.05, 0) is 23.9 Å².